The Balaban J connectivity index is 3.11. The fraction of sp³-hybridized carbons (Fsp3) is 0.417. The zero-order valence-corrected chi connectivity index (χ0v) is 9.24. The SMILES string of the molecule is [C-]#[N+]CC(O)c1cc(C)c(OC)cc1C. The first-order valence-electron chi connectivity index (χ1n) is 4.76. The maximum atomic E-state index is 9.73. The lowest BCUT2D eigenvalue weighted by Crippen LogP contribution is -2.04. The molecule has 1 atom stereocenters. The van der Waals surface area contributed by atoms with E-state index < -0.39 is 6.10 Å². The zero-order chi connectivity index (χ0) is 11.4. The molecule has 0 aromatic heterocycles. The van der Waals surface area contributed by atoms with E-state index in [-0.39, 0.29) is 6.54 Å². The second-order valence-electron chi connectivity index (χ2n) is 3.53. The number of methoxy groups -OCH3 is 1. The first kappa shape index (κ1) is 11.5. The van der Waals surface area contributed by atoms with Gasteiger partial charge in [0.15, 0.2) is 6.10 Å². The van der Waals surface area contributed by atoms with E-state index in [0.717, 1.165) is 22.4 Å². The van der Waals surface area contributed by atoms with Crippen molar-refractivity contribution in [3.8, 4) is 5.75 Å². The van der Waals surface area contributed by atoms with E-state index in [1.807, 2.05) is 26.0 Å². The molecule has 1 unspecified atom stereocenters. The third kappa shape index (κ3) is 2.48. The molecule has 0 aliphatic heterocycles. The Morgan fingerprint density at radius 2 is 2.07 bits per heavy atom. The number of aryl methyl sites for hydroxylation is 2. The average Bonchev–Trinajstić information content (AvgIpc) is 2.21. The molecule has 0 radical (unpaired) electrons. The first-order valence-corrected chi connectivity index (χ1v) is 4.76. The van der Waals surface area contributed by atoms with Crippen molar-refractivity contribution in [2.45, 2.75) is 20.0 Å². The van der Waals surface area contributed by atoms with E-state index in [9.17, 15) is 5.11 Å². The van der Waals surface area contributed by atoms with Gasteiger partial charge in [-0.2, -0.15) is 0 Å². The van der Waals surface area contributed by atoms with Crippen LogP contribution < -0.4 is 4.74 Å². The van der Waals surface area contributed by atoms with Gasteiger partial charge in [-0.3, -0.25) is 0 Å². The zero-order valence-electron chi connectivity index (χ0n) is 9.24. The summed E-state index contributed by atoms with van der Waals surface area (Å²) in [4.78, 5) is 3.19. The number of rotatable bonds is 3. The third-order valence-corrected chi connectivity index (χ3v) is 2.41. The average molecular weight is 205 g/mol. The van der Waals surface area contributed by atoms with Gasteiger partial charge in [-0.1, -0.05) is 0 Å². The van der Waals surface area contributed by atoms with Crippen LogP contribution in [-0.4, -0.2) is 18.8 Å². The lowest BCUT2D eigenvalue weighted by Gasteiger charge is -2.12. The Morgan fingerprint density at radius 3 is 2.60 bits per heavy atom. The van der Waals surface area contributed by atoms with Gasteiger partial charge < -0.3 is 14.7 Å². The number of nitrogens with zero attached hydrogens (tertiary/aromatic N) is 1. The highest BCUT2D eigenvalue weighted by Gasteiger charge is 2.14. The molecule has 0 aliphatic carbocycles. The minimum Gasteiger partial charge on any atom is -0.496 e. The summed E-state index contributed by atoms with van der Waals surface area (Å²) >= 11 is 0. The van der Waals surface area contributed by atoms with Crippen LogP contribution in [0, 0.1) is 20.4 Å². The monoisotopic (exact) mass is 205 g/mol. The Labute approximate surface area is 90.1 Å². The third-order valence-electron chi connectivity index (χ3n) is 2.41. The normalized spacial score (nSPS) is 11.9. The maximum Gasteiger partial charge on any atom is 0.244 e. The molecular formula is C12H15NO2. The van der Waals surface area contributed by atoms with Gasteiger partial charge in [0, 0.05) is 0 Å². The lowest BCUT2D eigenvalue weighted by molar-refractivity contribution is 0.194. The molecule has 0 bridgehead atoms. The molecule has 0 fully saturated rings. The van der Waals surface area contributed by atoms with Gasteiger partial charge in [0.1, 0.15) is 5.75 Å². The molecule has 0 spiro atoms. The van der Waals surface area contributed by atoms with Gasteiger partial charge in [0.25, 0.3) is 0 Å². The predicted molar refractivity (Wildman–Crippen MR) is 58.9 cm³/mol. The standard InChI is InChI=1S/C12H15NO2/c1-8-6-12(15-4)9(2)5-10(8)11(14)7-13-3/h5-6,11,14H,7H2,1-2,4H3. The van der Waals surface area contributed by atoms with Crippen molar-refractivity contribution in [1.29, 1.82) is 0 Å². The summed E-state index contributed by atoms with van der Waals surface area (Å²) in [6.45, 7) is 10.7. The van der Waals surface area contributed by atoms with Crippen LogP contribution in [0.2, 0.25) is 0 Å². The highest BCUT2D eigenvalue weighted by molar-refractivity contribution is 5.42. The summed E-state index contributed by atoms with van der Waals surface area (Å²) in [5.41, 5.74) is 2.74. The lowest BCUT2D eigenvalue weighted by atomic mass is 10.00. The fourth-order valence-corrected chi connectivity index (χ4v) is 1.58. The molecule has 3 heteroatoms. The summed E-state index contributed by atoms with van der Waals surface area (Å²) in [5, 5.41) is 9.73. The van der Waals surface area contributed by atoms with Gasteiger partial charge in [0.2, 0.25) is 6.54 Å². The number of hydrogen-bond donors (Lipinski definition) is 1. The molecule has 1 N–H and O–H groups in total. The van der Waals surface area contributed by atoms with Crippen LogP contribution in [0.5, 0.6) is 5.75 Å². The number of aliphatic hydroxyl groups excluding tert-OH is 1. The van der Waals surface area contributed by atoms with Crippen LogP contribution in [0.4, 0.5) is 0 Å². The van der Waals surface area contributed by atoms with Crippen LogP contribution in [-0.2, 0) is 0 Å². The molecule has 0 aliphatic rings. The van der Waals surface area contributed by atoms with Crippen LogP contribution in [0.3, 0.4) is 0 Å². The van der Waals surface area contributed by atoms with Crippen LogP contribution >= 0.6 is 0 Å². The Bertz CT molecular complexity index is 393. The molecule has 0 heterocycles. The largest absolute Gasteiger partial charge is 0.496 e. The van der Waals surface area contributed by atoms with Crippen LogP contribution in [0.25, 0.3) is 4.85 Å². The van der Waals surface area contributed by atoms with Crippen molar-refractivity contribution < 1.29 is 9.84 Å². The molecular weight excluding hydrogens is 190 g/mol. The molecule has 80 valence electrons. The number of aliphatic hydroxyl groups is 1. The molecule has 1 aromatic carbocycles. The number of benzene rings is 1. The van der Waals surface area contributed by atoms with Gasteiger partial charge in [0.05, 0.1) is 7.11 Å². The minimum atomic E-state index is -0.702. The van der Waals surface area contributed by atoms with Crippen molar-refractivity contribution in [2.75, 3.05) is 13.7 Å². The number of ether oxygens (including phenoxy) is 1. The van der Waals surface area contributed by atoms with Crippen molar-refractivity contribution in [3.63, 3.8) is 0 Å². The molecule has 3 nitrogen and oxygen atoms in total. The molecule has 15 heavy (non-hydrogen) atoms. The van der Waals surface area contributed by atoms with Gasteiger partial charge in [-0.15, -0.1) is 0 Å². The quantitative estimate of drug-likeness (QED) is 0.768. The predicted octanol–water partition coefficient (Wildman–Crippen LogP) is 2.26. The highest BCUT2D eigenvalue weighted by Crippen LogP contribution is 2.26. The molecule has 0 amide bonds. The topological polar surface area (TPSA) is 33.8 Å². The fourth-order valence-electron chi connectivity index (χ4n) is 1.58. The van der Waals surface area contributed by atoms with Crippen molar-refractivity contribution >= 4 is 0 Å². The minimum absolute atomic E-state index is 0.104. The first-order chi connectivity index (χ1) is 7.10. The van der Waals surface area contributed by atoms with Gasteiger partial charge in [-0.05, 0) is 42.7 Å². The van der Waals surface area contributed by atoms with Crippen LogP contribution in [0.1, 0.15) is 22.8 Å². The van der Waals surface area contributed by atoms with E-state index in [0.29, 0.717) is 0 Å². The summed E-state index contributed by atoms with van der Waals surface area (Å²) in [6.07, 6.45) is -0.702. The summed E-state index contributed by atoms with van der Waals surface area (Å²) in [5.74, 6) is 0.811. The van der Waals surface area contributed by atoms with Crippen molar-refractivity contribution in [2.24, 2.45) is 0 Å². The molecule has 1 rings (SSSR count). The van der Waals surface area contributed by atoms with E-state index in [1.54, 1.807) is 7.11 Å². The molecule has 0 saturated heterocycles. The smallest absolute Gasteiger partial charge is 0.244 e. The summed E-state index contributed by atoms with van der Waals surface area (Å²) in [6, 6.07) is 3.77. The Morgan fingerprint density at radius 1 is 1.40 bits per heavy atom. The van der Waals surface area contributed by atoms with E-state index >= 15 is 0 Å². The Hall–Kier alpha value is -1.53. The maximum absolute atomic E-state index is 9.73. The number of hydrogen-bond acceptors (Lipinski definition) is 2. The van der Waals surface area contributed by atoms with E-state index in [4.69, 9.17) is 11.3 Å². The van der Waals surface area contributed by atoms with E-state index in [1.165, 1.54) is 0 Å². The second-order valence-corrected chi connectivity index (χ2v) is 3.53. The van der Waals surface area contributed by atoms with Crippen molar-refractivity contribution in [1.82, 2.24) is 0 Å². The van der Waals surface area contributed by atoms with Crippen molar-refractivity contribution in [3.05, 3.63) is 40.2 Å². The summed E-state index contributed by atoms with van der Waals surface area (Å²) < 4.78 is 5.18. The Kier molecular flexibility index (Phi) is 3.70. The molecule has 0 saturated carbocycles. The highest BCUT2D eigenvalue weighted by atomic mass is 16.5. The second kappa shape index (κ2) is 4.81. The summed E-state index contributed by atoms with van der Waals surface area (Å²) in [7, 11) is 1.62. The van der Waals surface area contributed by atoms with Gasteiger partial charge in [-0.25, -0.2) is 6.57 Å². The molecule has 1 aromatic rings. The van der Waals surface area contributed by atoms with Gasteiger partial charge >= 0.3 is 0 Å². The van der Waals surface area contributed by atoms with E-state index in [2.05, 4.69) is 4.85 Å². The van der Waals surface area contributed by atoms with Crippen LogP contribution in [0.15, 0.2) is 12.1 Å².